The minimum Gasteiger partial charge on any atom is -0.384 e. The van der Waals surface area contributed by atoms with E-state index in [0.29, 0.717) is 18.1 Å². The van der Waals surface area contributed by atoms with Crippen LogP contribution in [0.15, 0.2) is 24.3 Å². The van der Waals surface area contributed by atoms with Crippen molar-refractivity contribution in [3.63, 3.8) is 0 Å². The molecule has 92 valence electrons. The molecule has 0 aromatic heterocycles. The van der Waals surface area contributed by atoms with Gasteiger partial charge in [-0.1, -0.05) is 44.9 Å². The van der Waals surface area contributed by atoms with Gasteiger partial charge in [0.1, 0.15) is 5.78 Å². The highest BCUT2D eigenvalue weighted by Crippen LogP contribution is 2.33. The zero-order valence-corrected chi connectivity index (χ0v) is 10.7. The highest BCUT2D eigenvalue weighted by Gasteiger charge is 2.28. The third kappa shape index (κ3) is 2.68. The van der Waals surface area contributed by atoms with E-state index >= 15 is 0 Å². The van der Waals surface area contributed by atoms with Crippen LogP contribution in [0.5, 0.6) is 0 Å². The molecule has 1 heterocycles. The van der Waals surface area contributed by atoms with Crippen molar-refractivity contribution in [2.45, 2.75) is 39.0 Å². The van der Waals surface area contributed by atoms with Crippen LogP contribution in [0.4, 0.5) is 5.69 Å². The van der Waals surface area contributed by atoms with E-state index in [2.05, 4.69) is 31.3 Å². The van der Waals surface area contributed by atoms with Gasteiger partial charge in [-0.3, -0.25) is 4.79 Å². The number of carbonyl (C=O) groups excluding carboxylic acids is 1. The van der Waals surface area contributed by atoms with Crippen molar-refractivity contribution in [3.05, 3.63) is 29.8 Å². The predicted octanol–water partition coefficient (Wildman–Crippen LogP) is 3.59. The van der Waals surface area contributed by atoms with Crippen molar-refractivity contribution in [2.24, 2.45) is 5.92 Å². The number of hydrogen-bond acceptors (Lipinski definition) is 2. The van der Waals surface area contributed by atoms with Crippen LogP contribution in [0.2, 0.25) is 0 Å². The lowest BCUT2D eigenvalue weighted by atomic mass is 9.89. The Balaban J connectivity index is 2.02. The monoisotopic (exact) mass is 231 g/mol. The second kappa shape index (κ2) is 5.35. The van der Waals surface area contributed by atoms with Crippen molar-refractivity contribution in [1.82, 2.24) is 0 Å². The van der Waals surface area contributed by atoms with Crippen molar-refractivity contribution in [3.8, 4) is 0 Å². The van der Waals surface area contributed by atoms with Gasteiger partial charge in [0.25, 0.3) is 0 Å². The molecule has 1 aromatic rings. The van der Waals surface area contributed by atoms with Gasteiger partial charge < -0.3 is 5.32 Å². The number of para-hydroxylation sites is 1. The first-order chi connectivity index (χ1) is 8.22. The maximum Gasteiger partial charge on any atom is 0.142 e. The summed E-state index contributed by atoms with van der Waals surface area (Å²) in [5, 5.41) is 3.32. The molecule has 2 nitrogen and oxygen atoms in total. The summed E-state index contributed by atoms with van der Waals surface area (Å²) in [6, 6.07) is 8.15. The van der Waals surface area contributed by atoms with Gasteiger partial charge in [-0.25, -0.2) is 0 Å². The molecule has 0 spiro atoms. The first-order valence-corrected chi connectivity index (χ1v) is 6.58. The highest BCUT2D eigenvalue weighted by molar-refractivity contribution is 5.89. The largest absolute Gasteiger partial charge is 0.384 e. The van der Waals surface area contributed by atoms with Crippen molar-refractivity contribution in [2.75, 3.05) is 11.9 Å². The molecular formula is C15H21NO. The van der Waals surface area contributed by atoms with Gasteiger partial charge >= 0.3 is 0 Å². The SMILES string of the molecule is CCCC(C)CC(=O)C1CNc2ccccc21. The van der Waals surface area contributed by atoms with Crippen LogP contribution in [-0.4, -0.2) is 12.3 Å². The minimum absolute atomic E-state index is 0.0745. The first-order valence-electron chi connectivity index (χ1n) is 6.58. The molecule has 2 rings (SSSR count). The van der Waals surface area contributed by atoms with E-state index in [-0.39, 0.29) is 5.92 Å². The Bertz CT molecular complexity index is 400. The molecule has 0 aliphatic carbocycles. The second-order valence-corrected chi connectivity index (χ2v) is 5.09. The molecule has 2 atom stereocenters. The molecule has 1 N–H and O–H groups in total. The summed E-state index contributed by atoms with van der Waals surface area (Å²) >= 11 is 0. The quantitative estimate of drug-likeness (QED) is 0.839. The Morgan fingerprint density at radius 3 is 3.00 bits per heavy atom. The van der Waals surface area contributed by atoms with E-state index in [1.165, 1.54) is 5.56 Å². The van der Waals surface area contributed by atoms with E-state index < -0.39 is 0 Å². The number of carbonyl (C=O) groups is 1. The normalized spacial score (nSPS) is 19.5. The van der Waals surface area contributed by atoms with Crippen LogP contribution in [0.1, 0.15) is 44.6 Å². The fraction of sp³-hybridized carbons (Fsp3) is 0.533. The van der Waals surface area contributed by atoms with Crippen molar-refractivity contribution < 1.29 is 4.79 Å². The maximum atomic E-state index is 12.3. The molecule has 0 fully saturated rings. The van der Waals surface area contributed by atoms with Crippen molar-refractivity contribution in [1.29, 1.82) is 0 Å². The molecule has 0 amide bonds. The summed E-state index contributed by atoms with van der Waals surface area (Å²) in [5.41, 5.74) is 2.31. The van der Waals surface area contributed by atoms with E-state index in [1.807, 2.05) is 12.1 Å². The molecule has 1 aliphatic heterocycles. The maximum absolute atomic E-state index is 12.3. The topological polar surface area (TPSA) is 29.1 Å². The molecule has 0 radical (unpaired) electrons. The fourth-order valence-electron chi connectivity index (χ4n) is 2.65. The lowest BCUT2D eigenvalue weighted by Crippen LogP contribution is -2.17. The minimum atomic E-state index is 0.0745. The standard InChI is InChI=1S/C15H21NO/c1-3-6-11(2)9-15(17)13-10-16-14-8-5-4-7-12(13)14/h4-5,7-8,11,13,16H,3,6,9-10H2,1-2H3. The molecule has 2 heteroatoms. The van der Waals surface area contributed by atoms with E-state index in [9.17, 15) is 4.79 Å². The van der Waals surface area contributed by atoms with E-state index in [0.717, 1.165) is 25.1 Å². The lowest BCUT2D eigenvalue weighted by molar-refractivity contribution is -0.120. The number of hydrogen-bond donors (Lipinski definition) is 1. The Labute approximate surface area is 103 Å². The summed E-state index contributed by atoms with van der Waals surface area (Å²) in [5.74, 6) is 0.981. The van der Waals surface area contributed by atoms with Crippen molar-refractivity contribution >= 4 is 11.5 Å². The predicted molar refractivity (Wildman–Crippen MR) is 71.4 cm³/mol. The van der Waals surface area contributed by atoms with Gasteiger partial charge in [-0.2, -0.15) is 0 Å². The van der Waals surface area contributed by atoms with Crippen LogP contribution < -0.4 is 5.32 Å². The summed E-state index contributed by atoms with van der Waals surface area (Å²) in [7, 11) is 0. The van der Waals surface area contributed by atoms with Gasteiger partial charge in [0.15, 0.2) is 0 Å². The zero-order chi connectivity index (χ0) is 12.3. The highest BCUT2D eigenvalue weighted by atomic mass is 16.1. The third-order valence-corrected chi connectivity index (χ3v) is 3.55. The number of ketones is 1. The zero-order valence-electron chi connectivity index (χ0n) is 10.7. The van der Waals surface area contributed by atoms with Gasteiger partial charge in [-0.15, -0.1) is 0 Å². The first kappa shape index (κ1) is 12.2. The van der Waals surface area contributed by atoms with Gasteiger partial charge in [0.2, 0.25) is 0 Å². The Kier molecular flexibility index (Phi) is 3.82. The van der Waals surface area contributed by atoms with Crippen LogP contribution in [0.3, 0.4) is 0 Å². The Morgan fingerprint density at radius 2 is 2.24 bits per heavy atom. The van der Waals surface area contributed by atoms with Crippen LogP contribution >= 0.6 is 0 Å². The Morgan fingerprint density at radius 1 is 1.47 bits per heavy atom. The van der Waals surface area contributed by atoms with Gasteiger partial charge in [-0.05, 0) is 17.5 Å². The average Bonchev–Trinajstić information content (AvgIpc) is 2.72. The molecule has 1 aromatic carbocycles. The van der Waals surface area contributed by atoms with Crippen LogP contribution in [0, 0.1) is 5.92 Å². The molecular weight excluding hydrogens is 210 g/mol. The summed E-state index contributed by atoms with van der Waals surface area (Å²) in [4.78, 5) is 12.3. The van der Waals surface area contributed by atoms with Gasteiger partial charge in [0.05, 0.1) is 5.92 Å². The number of anilines is 1. The molecule has 17 heavy (non-hydrogen) atoms. The summed E-state index contributed by atoms with van der Waals surface area (Å²) in [6.07, 6.45) is 3.02. The fourth-order valence-corrected chi connectivity index (χ4v) is 2.65. The van der Waals surface area contributed by atoms with Crippen LogP contribution in [-0.2, 0) is 4.79 Å². The molecule has 0 saturated carbocycles. The third-order valence-electron chi connectivity index (χ3n) is 3.55. The van der Waals surface area contributed by atoms with E-state index in [1.54, 1.807) is 0 Å². The molecule has 0 bridgehead atoms. The smallest absolute Gasteiger partial charge is 0.142 e. The average molecular weight is 231 g/mol. The van der Waals surface area contributed by atoms with E-state index in [4.69, 9.17) is 0 Å². The number of Topliss-reactive ketones (excluding diaryl/α,β-unsaturated/α-hetero) is 1. The number of nitrogens with one attached hydrogen (secondary N) is 1. The van der Waals surface area contributed by atoms with Gasteiger partial charge in [0, 0.05) is 18.7 Å². The summed E-state index contributed by atoms with van der Waals surface area (Å²) in [6.45, 7) is 5.13. The molecule has 0 saturated heterocycles. The lowest BCUT2D eigenvalue weighted by Gasteiger charge is -2.13. The van der Waals surface area contributed by atoms with Crippen LogP contribution in [0.25, 0.3) is 0 Å². The number of fused-ring (bicyclic) bond motifs is 1. The second-order valence-electron chi connectivity index (χ2n) is 5.09. The molecule has 2 unspecified atom stereocenters. The summed E-state index contributed by atoms with van der Waals surface area (Å²) < 4.78 is 0. The Hall–Kier alpha value is -1.31. The number of benzene rings is 1. The number of rotatable bonds is 5. The molecule has 1 aliphatic rings.